The number of aliphatic hydroxyl groups is 1. The number of rotatable bonds is 10. The van der Waals surface area contributed by atoms with Gasteiger partial charge < -0.3 is 5.11 Å². The van der Waals surface area contributed by atoms with Crippen LogP contribution in [0.3, 0.4) is 0 Å². The van der Waals surface area contributed by atoms with E-state index >= 15 is 0 Å². The van der Waals surface area contributed by atoms with Gasteiger partial charge in [-0.15, -0.1) is 6.58 Å². The van der Waals surface area contributed by atoms with Gasteiger partial charge in [0.15, 0.2) is 0 Å². The van der Waals surface area contributed by atoms with Gasteiger partial charge in [-0.25, -0.2) is 0 Å². The van der Waals surface area contributed by atoms with Gasteiger partial charge in [-0.3, -0.25) is 4.79 Å². The van der Waals surface area contributed by atoms with E-state index in [1.54, 1.807) is 6.08 Å². The molecule has 0 aromatic rings. The maximum atomic E-state index is 11.5. The van der Waals surface area contributed by atoms with Crippen LogP contribution in [0.15, 0.2) is 12.7 Å². The molecule has 0 spiro atoms. The highest BCUT2D eigenvalue weighted by Gasteiger charge is 2.09. The summed E-state index contributed by atoms with van der Waals surface area (Å²) in [5.74, 6) is 0.239. The predicted molar refractivity (Wildman–Crippen MR) is 68.4 cm³/mol. The number of carbonyl (C=O) groups is 1. The molecular weight excluding hydrogens is 200 g/mol. The van der Waals surface area contributed by atoms with Gasteiger partial charge in [-0.1, -0.05) is 39.2 Å². The van der Waals surface area contributed by atoms with Crippen LogP contribution in [0, 0.1) is 5.92 Å². The van der Waals surface area contributed by atoms with E-state index in [2.05, 4.69) is 13.5 Å². The molecule has 1 N–H and O–H groups in total. The topological polar surface area (TPSA) is 37.3 Å². The van der Waals surface area contributed by atoms with Crippen LogP contribution in [0.2, 0.25) is 0 Å². The number of Topliss-reactive ketones (excluding diaryl/α,β-unsaturated/α-hetero) is 1. The van der Waals surface area contributed by atoms with Crippen LogP contribution >= 0.6 is 0 Å². The zero-order chi connectivity index (χ0) is 12.4. The van der Waals surface area contributed by atoms with E-state index in [4.69, 9.17) is 0 Å². The minimum Gasteiger partial charge on any atom is -0.393 e. The number of ketones is 1. The van der Waals surface area contributed by atoms with E-state index in [0.29, 0.717) is 6.42 Å². The average molecular weight is 226 g/mol. The number of hydrogen-bond donors (Lipinski definition) is 1. The zero-order valence-electron chi connectivity index (χ0n) is 10.7. The summed E-state index contributed by atoms with van der Waals surface area (Å²) in [6.07, 6.45) is 7.92. The lowest BCUT2D eigenvalue weighted by molar-refractivity contribution is -0.121. The van der Waals surface area contributed by atoms with Crippen molar-refractivity contribution in [1.82, 2.24) is 0 Å². The Morgan fingerprint density at radius 1 is 1.31 bits per heavy atom. The summed E-state index contributed by atoms with van der Waals surface area (Å²) in [5.41, 5.74) is 0. The molecule has 0 aliphatic heterocycles. The first-order valence-electron chi connectivity index (χ1n) is 6.45. The maximum Gasteiger partial charge on any atom is 0.139 e. The summed E-state index contributed by atoms with van der Waals surface area (Å²) >= 11 is 0. The van der Waals surface area contributed by atoms with Crippen LogP contribution in [0.25, 0.3) is 0 Å². The van der Waals surface area contributed by atoms with Gasteiger partial charge in [-0.05, 0) is 19.3 Å². The SMILES string of the molecule is C=CC(C)C(=O)CCCCC(O)CCCC. The third-order valence-electron chi connectivity index (χ3n) is 2.96. The molecule has 0 aliphatic rings. The Kier molecular flexibility index (Phi) is 9.21. The first-order chi connectivity index (χ1) is 7.61. The summed E-state index contributed by atoms with van der Waals surface area (Å²) in [5, 5.41) is 9.60. The molecule has 0 amide bonds. The van der Waals surface area contributed by atoms with E-state index < -0.39 is 0 Å². The van der Waals surface area contributed by atoms with Crippen LogP contribution in [0.1, 0.15) is 58.8 Å². The molecule has 0 saturated carbocycles. The highest BCUT2D eigenvalue weighted by molar-refractivity contribution is 5.82. The lowest BCUT2D eigenvalue weighted by Crippen LogP contribution is -2.09. The first-order valence-corrected chi connectivity index (χ1v) is 6.45. The monoisotopic (exact) mass is 226 g/mol. The Bertz CT molecular complexity index is 199. The standard InChI is InChI=1S/C14H26O2/c1-4-6-9-13(15)10-7-8-11-14(16)12(3)5-2/h5,12-13,15H,2,4,6-11H2,1,3H3. The molecule has 0 radical (unpaired) electrons. The average Bonchev–Trinajstić information content (AvgIpc) is 2.30. The fraction of sp³-hybridized carbons (Fsp3) is 0.786. The van der Waals surface area contributed by atoms with Crippen molar-refractivity contribution in [3.05, 3.63) is 12.7 Å². The third kappa shape index (κ3) is 7.63. The van der Waals surface area contributed by atoms with Gasteiger partial charge in [0.05, 0.1) is 6.10 Å². The Morgan fingerprint density at radius 3 is 2.50 bits per heavy atom. The van der Waals surface area contributed by atoms with E-state index in [1.807, 2.05) is 6.92 Å². The quantitative estimate of drug-likeness (QED) is 0.457. The Labute approximate surface area is 99.7 Å². The molecule has 0 rings (SSSR count). The lowest BCUT2D eigenvalue weighted by atomic mass is 9.99. The molecule has 0 aromatic carbocycles. The van der Waals surface area contributed by atoms with E-state index in [-0.39, 0.29) is 17.8 Å². The minimum atomic E-state index is -0.174. The normalized spacial score (nSPS) is 14.4. The highest BCUT2D eigenvalue weighted by atomic mass is 16.3. The van der Waals surface area contributed by atoms with Gasteiger partial charge in [0.25, 0.3) is 0 Å². The van der Waals surface area contributed by atoms with Crippen LogP contribution < -0.4 is 0 Å². The molecule has 0 saturated heterocycles. The summed E-state index contributed by atoms with van der Waals surface area (Å²) in [4.78, 5) is 11.5. The van der Waals surface area contributed by atoms with E-state index in [0.717, 1.165) is 38.5 Å². The fourth-order valence-corrected chi connectivity index (χ4v) is 1.62. The molecule has 2 nitrogen and oxygen atoms in total. The second kappa shape index (κ2) is 9.59. The summed E-state index contributed by atoms with van der Waals surface area (Å²) in [7, 11) is 0. The summed E-state index contributed by atoms with van der Waals surface area (Å²) in [6, 6.07) is 0. The molecule has 0 aliphatic carbocycles. The molecular formula is C14H26O2. The molecule has 2 unspecified atom stereocenters. The van der Waals surface area contributed by atoms with E-state index in [1.165, 1.54) is 0 Å². The highest BCUT2D eigenvalue weighted by Crippen LogP contribution is 2.11. The van der Waals surface area contributed by atoms with Gasteiger partial charge in [0, 0.05) is 12.3 Å². The minimum absolute atomic E-state index is 0.0231. The molecule has 0 heterocycles. The summed E-state index contributed by atoms with van der Waals surface area (Å²) in [6.45, 7) is 7.62. The number of aliphatic hydroxyl groups excluding tert-OH is 1. The van der Waals surface area contributed by atoms with Crippen molar-refractivity contribution in [2.75, 3.05) is 0 Å². The van der Waals surface area contributed by atoms with Crippen molar-refractivity contribution in [2.24, 2.45) is 5.92 Å². The second-order valence-corrected chi connectivity index (χ2v) is 4.53. The Morgan fingerprint density at radius 2 is 1.94 bits per heavy atom. The fourth-order valence-electron chi connectivity index (χ4n) is 1.62. The van der Waals surface area contributed by atoms with Gasteiger partial charge in [-0.2, -0.15) is 0 Å². The van der Waals surface area contributed by atoms with Crippen LogP contribution in [0.4, 0.5) is 0 Å². The first kappa shape index (κ1) is 15.4. The van der Waals surface area contributed by atoms with E-state index in [9.17, 15) is 9.90 Å². The van der Waals surface area contributed by atoms with Crippen molar-refractivity contribution >= 4 is 5.78 Å². The molecule has 2 heteroatoms. The third-order valence-corrected chi connectivity index (χ3v) is 2.96. The molecule has 2 atom stereocenters. The molecule has 0 fully saturated rings. The Hall–Kier alpha value is -0.630. The molecule has 0 aromatic heterocycles. The number of allylic oxidation sites excluding steroid dienone is 1. The van der Waals surface area contributed by atoms with Crippen molar-refractivity contribution in [1.29, 1.82) is 0 Å². The van der Waals surface area contributed by atoms with Crippen molar-refractivity contribution < 1.29 is 9.90 Å². The van der Waals surface area contributed by atoms with Crippen molar-refractivity contribution in [2.45, 2.75) is 64.9 Å². The smallest absolute Gasteiger partial charge is 0.139 e. The van der Waals surface area contributed by atoms with Gasteiger partial charge >= 0.3 is 0 Å². The number of hydrogen-bond acceptors (Lipinski definition) is 2. The van der Waals surface area contributed by atoms with Crippen molar-refractivity contribution in [3.63, 3.8) is 0 Å². The number of unbranched alkanes of at least 4 members (excludes halogenated alkanes) is 2. The summed E-state index contributed by atoms with van der Waals surface area (Å²) < 4.78 is 0. The van der Waals surface area contributed by atoms with Crippen molar-refractivity contribution in [3.8, 4) is 0 Å². The predicted octanol–water partition coefficient (Wildman–Crippen LogP) is 3.49. The number of carbonyl (C=O) groups excluding carboxylic acids is 1. The van der Waals surface area contributed by atoms with Crippen LogP contribution in [-0.4, -0.2) is 17.0 Å². The van der Waals surface area contributed by atoms with Gasteiger partial charge in [0.2, 0.25) is 0 Å². The molecule has 94 valence electrons. The maximum absolute atomic E-state index is 11.5. The largest absolute Gasteiger partial charge is 0.393 e. The molecule has 16 heavy (non-hydrogen) atoms. The van der Waals surface area contributed by atoms with Crippen LogP contribution in [-0.2, 0) is 4.79 Å². The van der Waals surface area contributed by atoms with Crippen LogP contribution in [0.5, 0.6) is 0 Å². The molecule has 0 bridgehead atoms. The zero-order valence-corrected chi connectivity index (χ0v) is 10.7. The second-order valence-electron chi connectivity index (χ2n) is 4.53. The van der Waals surface area contributed by atoms with Gasteiger partial charge in [0.1, 0.15) is 5.78 Å². The lowest BCUT2D eigenvalue weighted by Gasteiger charge is -2.09. The Balaban J connectivity index is 3.45.